The van der Waals surface area contributed by atoms with Crippen molar-refractivity contribution < 1.29 is 13.2 Å². The number of nitrogens with zero attached hydrogens (tertiary/aromatic N) is 1. The van der Waals surface area contributed by atoms with Crippen LogP contribution >= 0.6 is 0 Å². The zero-order valence-electron chi connectivity index (χ0n) is 10.6. The fourth-order valence-electron chi connectivity index (χ4n) is 2.55. The molecule has 0 aliphatic carbocycles. The fourth-order valence-corrected chi connectivity index (χ4v) is 3.93. The van der Waals surface area contributed by atoms with Gasteiger partial charge in [0, 0.05) is 19.1 Å². The van der Waals surface area contributed by atoms with Crippen LogP contribution in [0.3, 0.4) is 0 Å². The van der Waals surface area contributed by atoms with Gasteiger partial charge in [0.05, 0.1) is 18.5 Å². The molecule has 0 amide bonds. The molecule has 2 aliphatic rings. The molecule has 0 aromatic heterocycles. The van der Waals surface area contributed by atoms with Crippen molar-refractivity contribution in [2.75, 3.05) is 32.0 Å². The quantitative estimate of drug-likeness (QED) is 0.760. The van der Waals surface area contributed by atoms with E-state index >= 15 is 0 Å². The van der Waals surface area contributed by atoms with E-state index in [2.05, 4.69) is 5.32 Å². The summed E-state index contributed by atoms with van der Waals surface area (Å²) in [4.78, 5) is 0. The molecule has 2 saturated heterocycles. The van der Waals surface area contributed by atoms with Crippen LogP contribution in [0.1, 0.15) is 20.3 Å². The molecule has 5 nitrogen and oxygen atoms in total. The lowest BCUT2D eigenvalue weighted by Crippen LogP contribution is -2.36. The highest BCUT2D eigenvalue weighted by molar-refractivity contribution is 7.89. The van der Waals surface area contributed by atoms with E-state index in [-0.39, 0.29) is 11.9 Å². The van der Waals surface area contributed by atoms with Crippen LogP contribution in [0.4, 0.5) is 0 Å². The first kappa shape index (κ1) is 13.3. The number of fused-ring (bicyclic) bond motifs is 1. The fraction of sp³-hybridized carbons (Fsp3) is 1.00. The van der Waals surface area contributed by atoms with E-state index < -0.39 is 10.0 Å². The van der Waals surface area contributed by atoms with Gasteiger partial charge in [0.1, 0.15) is 0 Å². The average molecular weight is 262 g/mol. The number of hydrogen-bond acceptors (Lipinski definition) is 4. The van der Waals surface area contributed by atoms with Gasteiger partial charge in [0.2, 0.25) is 10.0 Å². The molecule has 17 heavy (non-hydrogen) atoms. The van der Waals surface area contributed by atoms with E-state index in [9.17, 15) is 8.42 Å². The predicted octanol–water partition coefficient (Wildman–Crippen LogP) is 0.0349. The summed E-state index contributed by atoms with van der Waals surface area (Å²) in [5, 5.41) is 3.36. The molecule has 0 spiro atoms. The average Bonchev–Trinajstić information content (AvgIpc) is 2.74. The van der Waals surface area contributed by atoms with Crippen molar-refractivity contribution in [3.8, 4) is 0 Å². The minimum atomic E-state index is -3.13. The first-order chi connectivity index (χ1) is 7.99. The van der Waals surface area contributed by atoms with Gasteiger partial charge in [-0.05, 0) is 32.7 Å². The highest BCUT2D eigenvalue weighted by Crippen LogP contribution is 2.26. The lowest BCUT2D eigenvalue weighted by Gasteiger charge is -2.17. The number of rotatable bonds is 5. The van der Waals surface area contributed by atoms with Gasteiger partial charge in [-0.25, -0.2) is 8.42 Å². The van der Waals surface area contributed by atoms with E-state index in [1.807, 2.05) is 13.8 Å². The van der Waals surface area contributed by atoms with Gasteiger partial charge in [-0.1, -0.05) is 0 Å². The van der Waals surface area contributed by atoms with Gasteiger partial charge in [-0.15, -0.1) is 0 Å². The van der Waals surface area contributed by atoms with Crippen molar-refractivity contribution in [2.45, 2.75) is 32.4 Å². The molecule has 0 aromatic carbocycles. The molecule has 0 saturated carbocycles. The van der Waals surface area contributed by atoms with Crippen molar-refractivity contribution in [3.63, 3.8) is 0 Å². The highest BCUT2D eigenvalue weighted by atomic mass is 32.2. The maximum absolute atomic E-state index is 12.1. The Labute approximate surface area is 104 Å². The van der Waals surface area contributed by atoms with E-state index in [1.165, 1.54) is 0 Å². The van der Waals surface area contributed by atoms with Crippen LogP contribution in [0.15, 0.2) is 0 Å². The molecule has 0 unspecified atom stereocenters. The first-order valence-electron chi connectivity index (χ1n) is 6.32. The van der Waals surface area contributed by atoms with Gasteiger partial charge in [0.15, 0.2) is 0 Å². The Hall–Kier alpha value is -0.170. The number of hydrogen-bond donors (Lipinski definition) is 1. The second-order valence-electron chi connectivity index (χ2n) is 5.16. The third-order valence-electron chi connectivity index (χ3n) is 3.52. The molecular formula is C11H22N2O3S. The number of sulfonamides is 1. The topological polar surface area (TPSA) is 58.6 Å². The molecule has 2 heterocycles. The standard InChI is InChI=1S/C11H22N2O3S/c1-9(2)16-5-6-17(14,15)13-7-10-3-4-12-11(10)8-13/h9-12H,3-8H2,1-2H3/t10-,11+/m0/s1. The third kappa shape index (κ3) is 3.19. The molecule has 2 aliphatic heterocycles. The largest absolute Gasteiger partial charge is 0.378 e. The van der Waals surface area contributed by atoms with E-state index in [0.717, 1.165) is 13.0 Å². The second kappa shape index (κ2) is 5.22. The third-order valence-corrected chi connectivity index (χ3v) is 5.28. The summed E-state index contributed by atoms with van der Waals surface area (Å²) in [7, 11) is -3.13. The van der Waals surface area contributed by atoms with Crippen LogP contribution in [0.25, 0.3) is 0 Å². The minimum Gasteiger partial charge on any atom is -0.378 e. The Morgan fingerprint density at radius 2 is 2.18 bits per heavy atom. The van der Waals surface area contributed by atoms with Crippen LogP contribution in [0.5, 0.6) is 0 Å². The van der Waals surface area contributed by atoms with Crippen molar-refractivity contribution in [1.82, 2.24) is 9.62 Å². The Balaban J connectivity index is 1.84. The molecule has 0 radical (unpaired) electrons. The number of ether oxygens (including phenoxy) is 1. The molecule has 2 rings (SSSR count). The maximum Gasteiger partial charge on any atom is 0.216 e. The zero-order valence-corrected chi connectivity index (χ0v) is 11.4. The van der Waals surface area contributed by atoms with Crippen LogP contribution in [-0.2, 0) is 14.8 Å². The lowest BCUT2D eigenvalue weighted by atomic mass is 10.1. The molecule has 0 bridgehead atoms. The summed E-state index contributed by atoms with van der Waals surface area (Å²) in [6.45, 7) is 6.46. The SMILES string of the molecule is CC(C)OCCS(=O)(=O)N1C[C@@H]2CCN[C@@H]2C1. The Morgan fingerprint density at radius 3 is 2.82 bits per heavy atom. The molecule has 6 heteroatoms. The molecule has 100 valence electrons. The number of nitrogens with one attached hydrogen (secondary N) is 1. The zero-order chi connectivity index (χ0) is 12.5. The van der Waals surface area contributed by atoms with Gasteiger partial charge < -0.3 is 10.1 Å². The minimum absolute atomic E-state index is 0.0878. The van der Waals surface area contributed by atoms with Gasteiger partial charge in [-0.2, -0.15) is 4.31 Å². The lowest BCUT2D eigenvalue weighted by molar-refractivity contribution is 0.0907. The molecule has 2 fully saturated rings. The predicted molar refractivity (Wildman–Crippen MR) is 66.3 cm³/mol. The molecule has 2 atom stereocenters. The van der Waals surface area contributed by atoms with Gasteiger partial charge >= 0.3 is 0 Å². The van der Waals surface area contributed by atoms with Crippen molar-refractivity contribution in [3.05, 3.63) is 0 Å². The summed E-state index contributed by atoms with van der Waals surface area (Å²) >= 11 is 0. The van der Waals surface area contributed by atoms with E-state index in [1.54, 1.807) is 4.31 Å². The Morgan fingerprint density at radius 1 is 1.41 bits per heavy atom. The van der Waals surface area contributed by atoms with Crippen LogP contribution in [0, 0.1) is 5.92 Å². The summed E-state index contributed by atoms with van der Waals surface area (Å²) in [5.41, 5.74) is 0. The van der Waals surface area contributed by atoms with Crippen LogP contribution in [0.2, 0.25) is 0 Å². The van der Waals surface area contributed by atoms with Gasteiger partial charge in [-0.3, -0.25) is 0 Å². The maximum atomic E-state index is 12.1. The van der Waals surface area contributed by atoms with Crippen molar-refractivity contribution >= 4 is 10.0 Å². The van der Waals surface area contributed by atoms with Crippen molar-refractivity contribution in [1.29, 1.82) is 0 Å². The Bertz CT molecular complexity index is 344. The first-order valence-corrected chi connectivity index (χ1v) is 7.93. The Kier molecular flexibility index (Phi) is 4.07. The summed E-state index contributed by atoms with van der Waals surface area (Å²) < 4.78 is 31.1. The van der Waals surface area contributed by atoms with E-state index in [4.69, 9.17) is 4.74 Å². The van der Waals surface area contributed by atoms with Crippen LogP contribution in [-0.4, -0.2) is 56.9 Å². The summed E-state index contributed by atoms with van der Waals surface area (Å²) in [6.07, 6.45) is 1.18. The molecule has 0 aromatic rings. The van der Waals surface area contributed by atoms with Crippen LogP contribution < -0.4 is 5.32 Å². The van der Waals surface area contributed by atoms with E-state index in [0.29, 0.717) is 31.7 Å². The van der Waals surface area contributed by atoms with Gasteiger partial charge in [0.25, 0.3) is 0 Å². The smallest absolute Gasteiger partial charge is 0.216 e. The molecule has 1 N–H and O–H groups in total. The normalized spacial score (nSPS) is 30.1. The van der Waals surface area contributed by atoms with Crippen molar-refractivity contribution in [2.24, 2.45) is 5.92 Å². The summed E-state index contributed by atoms with van der Waals surface area (Å²) in [5.74, 6) is 0.612. The molecular weight excluding hydrogens is 240 g/mol. The second-order valence-corrected chi connectivity index (χ2v) is 7.25. The summed E-state index contributed by atoms with van der Waals surface area (Å²) in [6, 6.07) is 0.371. The monoisotopic (exact) mass is 262 g/mol. The highest BCUT2D eigenvalue weighted by Gasteiger charge is 2.40.